The van der Waals surface area contributed by atoms with E-state index in [1.807, 2.05) is 0 Å². The summed E-state index contributed by atoms with van der Waals surface area (Å²) < 4.78 is 26.3. The molecule has 9 heteroatoms. The highest BCUT2D eigenvalue weighted by Crippen LogP contribution is 2.22. The van der Waals surface area contributed by atoms with E-state index in [0.717, 1.165) is 5.56 Å². The quantitative estimate of drug-likeness (QED) is 0.761. The summed E-state index contributed by atoms with van der Waals surface area (Å²) in [6.45, 7) is -0.0509. The number of hydrogen-bond donors (Lipinski definition) is 2. The van der Waals surface area contributed by atoms with Crippen molar-refractivity contribution in [2.45, 2.75) is 12.3 Å². The van der Waals surface area contributed by atoms with Crippen LogP contribution in [0.1, 0.15) is 11.1 Å². The number of carbonyl (C=O) groups is 1. The van der Waals surface area contributed by atoms with Gasteiger partial charge < -0.3 is 5.32 Å². The number of benzene rings is 1. The van der Waals surface area contributed by atoms with Crippen LogP contribution in [-0.2, 0) is 27.1 Å². The standard InChI is InChI=1S/C15H15Cl2N3O3S/c16-13-2-1-12(14(17)7-13)10-24(22,23)20-9-15(21)19-8-11-3-5-18-6-4-11/h1-7,20H,8-10H2,(H,19,21). The van der Waals surface area contributed by atoms with E-state index in [1.54, 1.807) is 30.6 Å². The number of pyridine rings is 1. The van der Waals surface area contributed by atoms with Crippen molar-refractivity contribution < 1.29 is 13.2 Å². The predicted molar refractivity (Wildman–Crippen MR) is 93.2 cm³/mol. The molecule has 1 aromatic carbocycles. The first-order valence-corrected chi connectivity index (χ1v) is 9.33. The number of halogens is 2. The SMILES string of the molecule is O=C(CNS(=O)(=O)Cc1ccc(Cl)cc1Cl)NCc1ccncc1. The van der Waals surface area contributed by atoms with Crippen molar-refractivity contribution >= 4 is 39.1 Å². The van der Waals surface area contributed by atoms with Crippen LogP contribution < -0.4 is 10.0 Å². The smallest absolute Gasteiger partial charge is 0.235 e. The molecule has 0 fully saturated rings. The van der Waals surface area contributed by atoms with Crippen molar-refractivity contribution in [3.8, 4) is 0 Å². The molecule has 2 N–H and O–H groups in total. The molecule has 2 aromatic rings. The maximum atomic E-state index is 12.0. The highest BCUT2D eigenvalue weighted by atomic mass is 35.5. The molecule has 1 amide bonds. The Labute approximate surface area is 150 Å². The van der Waals surface area contributed by atoms with E-state index >= 15 is 0 Å². The molecule has 0 saturated heterocycles. The van der Waals surface area contributed by atoms with Crippen molar-refractivity contribution in [2.75, 3.05) is 6.54 Å². The van der Waals surface area contributed by atoms with Crippen molar-refractivity contribution in [3.05, 3.63) is 63.9 Å². The Balaban J connectivity index is 1.84. The zero-order valence-corrected chi connectivity index (χ0v) is 14.8. The number of aromatic nitrogens is 1. The minimum absolute atomic E-state index is 0.259. The fraction of sp³-hybridized carbons (Fsp3) is 0.200. The lowest BCUT2D eigenvalue weighted by molar-refractivity contribution is -0.120. The van der Waals surface area contributed by atoms with Gasteiger partial charge in [-0.2, -0.15) is 0 Å². The van der Waals surface area contributed by atoms with E-state index in [2.05, 4.69) is 15.0 Å². The third-order valence-corrected chi connectivity index (χ3v) is 4.91. The van der Waals surface area contributed by atoms with Gasteiger partial charge in [-0.3, -0.25) is 9.78 Å². The molecule has 0 atom stereocenters. The Morgan fingerprint density at radius 1 is 1.12 bits per heavy atom. The number of amides is 1. The fourth-order valence-corrected chi connectivity index (χ4v) is 3.50. The summed E-state index contributed by atoms with van der Waals surface area (Å²) in [5.74, 6) is -0.765. The van der Waals surface area contributed by atoms with Gasteiger partial charge in [0.2, 0.25) is 15.9 Å². The van der Waals surface area contributed by atoms with Crippen LogP contribution >= 0.6 is 23.2 Å². The van der Waals surface area contributed by atoms with Crippen molar-refractivity contribution in [1.29, 1.82) is 0 Å². The molecule has 0 radical (unpaired) electrons. The highest BCUT2D eigenvalue weighted by Gasteiger charge is 2.15. The average molecular weight is 388 g/mol. The Morgan fingerprint density at radius 3 is 2.50 bits per heavy atom. The van der Waals surface area contributed by atoms with Crippen LogP contribution in [0.25, 0.3) is 0 Å². The largest absolute Gasteiger partial charge is 0.351 e. The molecule has 6 nitrogen and oxygen atoms in total. The fourth-order valence-electron chi connectivity index (χ4n) is 1.83. The van der Waals surface area contributed by atoms with Gasteiger partial charge >= 0.3 is 0 Å². The molecule has 0 aliphatic rings. The summed E-state index contributed by atoms with van der Waals surface area (Å²) in [5, 5.41) is 3.30. The summed E-state index contributed by atoms with van der Waals surface area (Å²) in [4.78, 5) is 15.6. The monoisotopic (exact) mass is 387 g/mol. The Kier molecular flexibility index (Phi) is 6.56. The molecule has 2 rings (SSSR count). The molecule has 0 unspecified atom stereocenters. The van der Waals surface area contributed by atoms with E-state index in [0.29, 0.717) is 17.1 Å². The summed E-state index contributed by atoms with van der Waals surface area (Å²) in [7, 11) is -3.70. The zero-order valence-electron chi connectivity index (χ0n) is 12.5. The Bertz CT molecular complexity index is 814. The topological polar surface area (TPSA) is 88.2 Å². The second-order valence-electron chi connectivity index (χ2n) is 4.95. The molecule has 0 aliphatic heterocycles. The lowest BCUT2D eigenvalue weighted by atomic mass is 10.2. The van der Waals surface area contributed by atoms with Gasteiger partial charge in [0, 0.05) is 29.0 Å². The summed E-state index contributed by atoms with van der Waals surface area (Å²) in [5.41, 5.74) is 1.28. The van der Waals surface area contributed by atoms with Crippen LogP contribution in [0.5, 0.6) is 0 Å². The Hall–Kier alpha value is -1.67. The first-order chi connectivity index (χ1) is 11.4. The van der Waals surface area contributed by atoms with Crippen molar-refractivity contribution in [1.82, 2.24) is 15.0 Å². The number of rotatable bonds is 7. The maximum Gasteiger partial charge on any atom is 0.235 e. The molecular weight excluding hydrogens is 373 g/mol. The second kappa shape index (κ2) is 8.43. The second-order valence-corrected chi connectivity index (χ2v) is 7.60. The third kappa shape index (κ3) is 6.09. The first kappa shape index (κ1) is 18.7. The number of nitrogens with zero attached hydrogens (tertiary/aromatic N) is 1. The number of sulfonamides is 1. The average Bonchev–Trinajstić information content (AvgIpc) is 2.55. The molecule has 0 aliphatic carbocycles. The summed E-state index contributed by atoms with van der Waals surface area (Å²) in [6, 6.07) is 8.07. The van der Waals surface area contributed by atoms with Gasteiger partial charge in [-0.1, -0.05) is 29.3 Å². The van der Waals surface area contributed by atoms with E-state index in [-0.39, 0.29) is 17.3 Å². The van der Waals surface area contributed by atoms with Gasteiger partial charge in [0.05, 0.1) is 12.3 Å². The molecule has 0 bridgehead atoms. The minimum atomic E-state index is -3.70. The van der Waals surface area contributed by atoms with Gasteiger partial charge in [-0.15, -0.1) is 0 Å². The molecule has 0 saturated carbocycles. The van der Waals surface area contributed by atoms with E-state index in [4.69, 9.17) is 23.2 Å². The van der Waals surface area contributed by atoms with Crippen LogP contribution in [-0.4, -0.2) is 25.9 Å². The molecular formula is C15H15Cl2N3O3S. The maximum absolute atomic E-state index is 12.0. The normalized spacial score (nSPS) is 11.2. The molecule has 1 heterocycles. The van der Waals surface area contributed by atoms with Crippen molar-refractivity contribution in [3.63, 3.8) is 0 Å². The number of nitrogens with one attached hydrogen (secondary N) is 2. The molecule has 1 aromatic heterocycles. The number of carbonyl (C=O) groups excluding carboxylic acids is 1. The zero-order chi connectivity index (χ0) is 17.6. The Morgan fingerprint density at radius 2 is 1.83 bits per heavy atom. The first-order valence-electron chi connectivity index (χ1n) is 6.92. The summed E-state index contributed by atoms with van der Waals surface area (Å²) in [6.07, 6.45) is 3.22. The van der Waals surface area contributed by atoms with Crippen LogP contribution in [0.2, 0.25) is 10.0 Å². The van der Waals surface area contributed by atoms with Crippen LogP contribution in [0.4, 0.5) is 0 Å². The van der Waals surface area contributed by atoms with Crippen LogP contribution in [0.15, 0.2) is 42.7 Å². The van der Waals surface area contributed by atoms with Crippen molar-refractivity contribution in [2.24, 2.45) is 0 Å². The van der Waals surface area contributed by atoms with E-state index in [9.17, 15) is 13.2 Å². The van der Waals surface area contributed by atoms with Gasteiger partial charge in [-0.25, -0.2) is 13.1 Å². The minimum Gasteiger partial charge on any atom is -0.351 e. The molecule has 24 heavy (non-hydrogen) atoms. The summed E-state index contributed by atoms with van der Waals surface area (Å²) >= 11 is 11.7. The third-order valence-electron chi connectivity index (χ3n) is 3.05. The van der Waals surface area contributed by atoms with Gasteiger partial charge in [0.1, 0.15) is 0 Å². The lowest BCUT2D eigenvalue weighted by Gasteiger charge is -2.09. The lowest BCUT2D eigenvalue weighted by Crippen LogP contribution is -2.37. The van der Waals surface area contributed by atoms with Gasteiger partial charge in [-0.05, 0) is 35.4 Å². The number of hydrogen-bond acceptors (Lipinski definition) is 4. The van der Waals surface area contributed by atoms with Crippen LogP contribution in [0, 0.1) is 0 Å². The highest BCUT2D eigenvalue weighted by molar-refractivity contribution is 7.88. The molecule has 128 valence electrons. The predicted octanol–water partition coefficient (Wildman–Crippen LogP) is 2.12. The van der Waals surface area contributed by atoms with Gasteiger partial charge in [0.15, 0.2) is 0 Å². The van der Waals surface area contributed by atoms with E-state index in [1.165, 1.54) is 12.1 Å². The molecule has 0 spiro atoms. The van der Waals surface area contributed by atoms with E-state index < -0.39 is 15.9 Å². The van der Waals surface area contributed by atoms with Gasteiger partial charge in [0.25, 0.3) is 0 Å². The van der Waals surface area contributed by atoms with Crippen LogP contribution in [0.3, 0.4) is 0 Å².